The van der Waals surface area contributed by atoms with Crippen LogP contribution in [0.5, 0.6) is 0 Å². The van der Waals surface area contributed by atoms with Crippen molar-refractivity contribution in [2.24, 2.45) is 5.41 Å². The minimum absolute atomic E-state index is 0.245. The summed E-state index contributed by atoms with van der Waals surface area (Å²) in [6, 6.07) is 0. The van der Waals surface area contributed by atoms with Gasteiger partial charge in [-0.1, -0.05) is 26.0 Å². The van der Waals surface area contributed by atoms with Crippen molar-refractivity contribution in [1.82, 2.24) is 5.32 Å². The molecule has 158 valence electrons. The fourth-order valence-corrected chi connectivity index (χ4v) is 3.22. The molecule has 0 aromatic heterocycles. The molecule has 1 rings (SSSR count). The van der Waals surface area contributed by atoms with Gasteiger partial charge in [0.25, 0.3) is 0 Å². The minimum atomic E-state index is -1.55. The Balaban J connectivity index is 2.69. The van der Waals surface area contributed by atoms with Gasteiger partial charge in [-0.25, -0.2) is 0 Å². The minimum Gasteiger partial charge on any atom is -0.454 e. The van der Waals surface area contributed by atoms with Crippen LogP contribution in [-0.4, -0.2) is 64.4 Å². The van der Waals surface area contributed by atoms with E-state index in [0.717, 1.165) is 5.57 Å². The van der Waals surface area contributed by atoms with Gasteiger partial charge in [0.1, 0.15) is 5.54 Å². The molecule has 0 radical (unpaired) electrons. The number of hydrogen-bond donors (Lipinski definition) is 4. The van der Waals surface area contributed by atoms with Gasteiger partial charge in [-0.3, -0.25) is 14.4 Å². The Kier molecular flexibility index (Phi) is 8.53. The first-order valence-electron chi connectivity index (χ1n) is 9.27. The lowest BCUT2D eigenvalue weighted by molar-refractivity contribution is -0.156. The third-order valence-electron chi connectivity index (χ3n) is 4.97. The highest BCUT2D eigenvalue weighted by Gasteiger charge is 2.39. The van der Waals surface area contributed by atoms with Crippen LogP contribution in [0.15, 0.2) is 23.3 Å². The first-order chi connectivity index (χ1) is 13.1. The first kappa shape index (κ1) is 24.0. The summed E-state index contributed by atoms with van der Waals surface area (Å²) in [6.45, 7) is 5.59. The van der Waals surface area contributed by atoms with Gasteiger partial charge >= 0.3 is 5.97 Å². The van der Waals surface area contributed by atoms with E-state index in [-0.39, 0.29) is 24.0 Å². The van der Waals surface area contributed by atoms with Gasteiger partial charge in [-0.15, -0.1) is 0 Å². The lowest BCUT2D eigenvalue weighted by Crippen LogP contribution is -2.57. The van der Waals surface area contributed by atoms with E-state index < -0.39 is 43.3 Å². The van der Waals surface area contributed by atoms with Crippen LogP contribution in [0.2, 0.25) is 0 Å². The molecule has 1 amide bonds. The maximum absolute atomic E-state index is 12.5. The molecule has 1 aliphatic carbocycles. The van der Waals surface area contributed by atoms with Gasteiger partial charge in [0.15, 0.2) is 11.9 Å². The van der Waals surface area contributed by atoms with E-state index in [1.165, 1.54) is 0 Å². The topological polar surface area (TPSA) is 133 Å². The summed E-state index contributed by atoms with van der Waals surface area (Å²) in [5, 5.41) is 29.9. The number of aliphatic hydroxyl groups is 3. The molecule has 1 atom stereocenters. The molecule has 0 heterocycles. The quantitative estimate of drug-likeness (QED) is 0.414. The number of carbonyl (C=O) groups excluding carboxylic acids is 3. The van der Waals surface area contributed by atoms with E-state index in [2.05, 4.69) is 5.32 Å². The Hall–Kier alpha value is -2.03. The van der Waals surface area contributed by atoms with Crippen molar-refractivity contribution in [2.75, 3.05) is 19.8 Å². The zero-order valence-electron chi connectivity index (χ0n) is 16.9. The van der Waals surface area contributed by atoms with Gasteiger partial charge in [0.2, 0.25) is 5.91 Å². The van der Waals surface area contributed by atoms with Crippen molar-refractivity contribution < 1.29 is 34.4 Å². The maximum Gasteiger partial charge on any atom is 0.307 e. The molecule has 0 spiro atoms. The molecular formula is C20H31NO7. The van der Waals surface area contributed by atoms with Crippen molar-refractivity contribution in [2.45, 2.75) is 58.6 Å². The van der Waals surface area contributed by atoms with Crippen LogP contribution in [0.1, 0.15) is 47.0 Å². The summed E-state index contributed by atoms with van der Waals surface area (Å²) < 4.78 is 5.32. The van der Waals surface area contributed by atoms with Crippen LogP contribution < -0.4 is 5.32 Å². The molecule has 8 heteroatoms. The molecule has 0 saturated heterocycles. The normalized spacial score (nSPS) is 19.8. The van der Waals surface area contributed by atoms with Crippen LogP contribution in [-0.2, 0) is 19.1 Å². The summed E-state index contributed by atoms with van der Waals surface area (Å²) in [5.41, 5.74) is -0.408. The van der Waals surface area contributed by atoms with Gasteiger partial charge < -0.3 is 25.4 Å². The number of carbonyl (C=O) groups is 3. The third-order valence-corrected chi connectivity index (χ3v) is 4.97. The highest BCUT2D eigenvalue weighted by atomic mass is 16.5. The summed E-state index contributed by atoms with van der Waals surface area (Å²) in [4.78, 5) is 36.6. The van der Waals surface area contributed by atoms with Crippen molar-refractivity contribution >= 4 is 17.7 Å². The molecular weight excluding hydrogens is 366 g/mol. The highest BCUT2D eigenvalue weighted by Crippen LogP contribution is 2.40. The number of nitrogens with one attached hydrogen (secondary N) is 1. The second-order valence-electron chi connectivity index (χ2n) is 7.77. The third kappa shape index (κ3) is 5.73. The number of hydrogen-bond acceptors (Lipinski definition) is 7. The predicted octanol–water partition coefficient (Wildman–Crippen LogP) is 0.402. The molecule has 0 bridgehead atoms. The lowest BCUT2D eigenvalue weighted by atomic mass is 9.71. The van der Waals surface area contributed by atoms with E-state index in [0.29, 0.717) is 12.0 Å². The van der Waals surface area contributed by atoms with Crippen LogP contribution >= 0.6 is 0 Å². The number of rotatable bonds is 9. The standard InChI is InChI=1S/C20H31NO7/c1-5-6-14-13(2)18(27)15(9-19(14,3)4)28-17(26)8-7-16(25)21-20(10-22,11-23)12-24/h5-6,15,22-24H,7-12H2,1-4H3,(H,21,25)/b6-5+. The summed E-state index contributed by atoms with van der Waals surface area (Å²) in [6.07, 6.45) is 2.69. The molecule has 0 fully saturated rings. The molecule has 0 aromatic carbocycles. The van der Waals surface area contributed by atoms with E-state index in [1.807, 2.05) is 32.9 Å². The summed E-state index contributed by atoms with van der Waals surface area (Å²) in [5.74, 6) is -1.56. The Labute approximate surface area is 165 Å². The molecule has 0 saturated carbocycles. The smallest absolute Gasteiger partial charge is 0.307 e. The number of esters is 1. The van der Waals surface area contributed by atoms with Crippen LogP contribution in [0, 0.1) is 5.41 Å². The monoisotopic (exact) mass is 397 g/mol. The van der Waals surface area contributed by atoms with Crippen molar-refractivity contribution in [3.05, 3.63) is 23.3 Å². The number of amides is 1. The van der Waals surface area contributed by atoms with Crippen molar-refractivity contribution in [3.8, 4) is 0 Å². The van der Waals surface area contributed by atoms with E-state index in [9.17, 15) is 29.7 Å². The number of aliphatic hydroxyl groups excluding tert-OH is 3. The second kappa shape index (κ2) is 9.95. The number of ketones is 1. The number of ether oxygens (including phenoxy) is 1. The second-order valence-corrected chi connectivity index (χ2v) is 7.77. The Bertz CT molecular complexity index is 651. The van der Waals surface area contributed by atoms with Crippen LogP contribution in [0.25, 0.3) is 0 Å². The van der Waals surface area contributed by atoms with Crippen molar-refractivity contribution in [1.29, 1.82) is 0 Å². The van der Waals surface area contributed by atoms with Crippen LogP contribution in [0.3, 0.4) is 0 Å². The molecule has 1 aliphatic rings. The maximum atomic E-state index is 12.5. The molecule has 28 heavy (non-hydrogen) atoms. The number of Topliss-reactive ketones (excluding diaryl/α,β-unsaturated/α-hetero) is 1. The molecule has 8 nitrogen and oxygen atoms in total. The molecule has 4 N–H and O–H groups in total. The Morgan fingerprint density at radius 2 is 1.79 bits per heavy atom. The molecule has 0 aliphatic heterocycles. The van der Waals surface area contributed by atoms with Gasteiger partial charge in [-0.2, -0.15) is 0 Å². The zero-order valence-corrected chi connectivity index (χ0v) is 16.9. The molecule has 1 unspecified atom stereocenters. The van der Waals surface area contributed by atoms with E-state index in [1.54, 1.807) is 6.92 Å². The predicted molar refractivity (Wildman–Crippen MR) is 102 cm³/mol. The fraction of sp³-hybridized carbons (Fsp3) is 0.650. The SMILES string of the molecule is C/C=C/C1=C(C)C(=O)C(OC(=O)CCC(=O)NC(CO)(CO)CO)CC1(C)C. The largest absolute Gasteiger partial charge is 0.454 e. The van der Waals surface area contributed by atoms with E-state index >= 15 is 0 Å². The summed E-state index contributed by atoms with van der Waals surface area (Å²) >= 11 is 0. The number of allylic oxidation sites excluding steroid dienone is 3. The van der Waals surface area contributed by atoms with Gasteiger partial charge in [-0.05, 0) is 30.4 Å². The van der Waals surface area contributed by atoms with Crippen LogP contribution in [0.4, 0.5) is 0 Å². The fourth-order valence-electron chi connectivity index (χ4n) is 3.22. The Morgan fingerprint density at radius 3 is 2.29 bits per heavy atom. The average Bonchev–Trinajstić information content (AvgIpc) is 2.66. The Morgan fingerprint density at radius 1 is 1.21 bits per heavy atom. The highest BCUT2D eigenvalue weighted by molar-refractivity contribution is 6.01. The average molecular weight is 397 g/mol. The molecule has 0 aromatic rings. The van der Waals surface area contributed by atoms with Gasteiger partial charge in [0, 0.05) is 12.8 Å². The zero-order chi connectivity index (χ0) is 21.5. The van der Waals surface area contributed by atoms with E-state index in [4.69, 9.17) is 4.74 Å². The van der Waals surface area contributed by atoms with Crippen molar-refractivity contribution in [3.63, 3.8) is 0 Å². The lowest BCUT2D eigenvalue weighted by Gasteiger charge is -2.36. The first-order valence-corrected chi connectivity index (χ1v) is 9.27. The van der Waals surface area contributed by atoms with Gasteiger partial charge in [0.05, 0.1) is 26.2 Å². The summed E-state index contributed by atoms with van der Waals surface area (Å²) in [7, 11) is 0.